The Balaban J connectivity index is 1.65. The smallest absolute Gasteiger partial charge is 0.260 e. The number of likely N-dealkylation sites (tertiary alicyclic amines) is 1. The van der Waals surface area contributed by atoms with Crippen LogP contribution < -0.4 is 14.8 Å². The van der Waals surface area contributed by atoms with E-state index in [2.05, 4.69) is 32.2 Å². The molecule has 0 saturated carbocycles. The lowest BCUT2D eigenvalue weighted by molar-refractivity contribution is -0.127. The second kappa shape index (κ2) is 9.94. The van der Waals surface area contributed by atoms with Gasteiger partial charge in [-0.25, -0.2) is 0 Å². The number of rotatable bonds is 8. The van der Waals surface area contributed by atoms with Crippen LogP contribution >= 0.6 is 15.9 Å². The second-order valence-corrected chi connectivity index (χ2v) is 7.88. The van der Waals surface area contributed by atoms with E-state index in [-0.39, 0.29) is 11.9 Å². The molecule has 1 amide bonds. The van der Waals surface area contributed by atoms with Gasteiger partial charge in [-0.2, -0.15) is 0 Å². The van der Waals surface area contributed by atoms with E-state index in [0.29, 0.717) is 12.3 Å². The van der Waals surface area contributed by atoms with Crippen molar-refractivity contribution in [1.82, 2.24) is 10.2 Å². The van der Waals surface area contributed by atoms with E-state index >= 15 is 0 Å². The van der Waals surface area contributed by atoms with E-state index in [4.69, 9.17) is 9.47 Å². The summed E-state index contributed by atoms with van der Waals surface area (Å²) in [4.78, 5) is 15.0. The van der Waals surface area contributed by atoms with Crippen LogP contribution in [0.5, 0.6) is 11.5 Å². The van der Waals surface area contributed by atoms with Gasteiger partial charge in [-0.1, -0.05) is 34.1 Å². The Kier molecular flexibility index (Phi) is 7.34. The number of ether oxygens (including phenoxy) is 2. The average molecular weight is 447 g/mol. The van der Waals surface area contributed by atoms with Crippen LogP contribution in [0.1, 0.15) is 31.4 Å². The molecule has 1 aliphatic heterocycles. The topological polar surface area (TPSA) is 50.8 Å². The molecule has 2 aromatic carbocycles. The van der Waals surface area contributed by atoms with Gasteiger partial charge in [0, 0.05) is 16.6 Å². The third kappa shape index (κ3) is 5.26. The highest BCUT2D eigenvalue weighted by atomic mass is 79.9. The van der Waals surface area contributed by atoms with E-state index in [9.17, 15) is 4.79 Å². The maximum atomic E-state index is 12.6. The molecule has 2 atom stereocenters. The van der Waals surface area contributed by atoms with Gasteiger partial charge in [0.2, 0.25) is 0 Å². The zero-order valence-corrected chi connectivity index (χ0v) is 17.9. The average Bonchev–Trinajstić information content (AvgIpc) is 3.24. The van der Waals surface area contributed by atoms with E-state index in [1.165, 1.54) is 12.8 Å². The van der Waals surface area contributed by atoms with Crippen molar-refractivity contribution in [1.29, 1.82) is 0 Å². The van der Waals surface area contributed by atoms with Crippen LogP contribution in [-0.2, 0) is 4.79 Å². The summed E-state index contributed by atoms with van der Waals surface area (Å²) in [5.41, 5.74) is 1.11. The second-order valence-electron chi connectivity index (χ2n) is 6.96. The van der Waals surface area contributed by atoms with Crippen LogP contribution in [0.25, 0.3) is 0 Å². The Morgan fingerprint density at radius 1 is 1.14 bits per heavy atom. The van der Waals surface area contributed by atoms with Gasteiger partial charge in [-0.15, -0.1) is 0 Å². The largest absolute Gasteiger partial charge is 0.496 e. The minimum Gasteiger partial charge on any atom is -0.496 e. The number of carbonyl (C=O) groups is 1. The zero-order valence-electron chi connectivity index (χ0n) is 16.4. The van der Waals surface area contributed by atoms with Gasteiger partial charge in [0.05, 0.1) is 13.2 Å². The molecular weight excluding hydrogens is 420 g/mol. The molecule has 150 valence electrons. The number of carbonyl (C=O) groups excluding carboxylic acids is 1. The van der Waals surface area contributed by atoms with Crippen LogP contribution in [-0.4, -0.2) is 43.7 Å². The third-order valence-electron chi connectivity index (χ3n) is 5.04. The highest BCUT2D eigenvalue weighted by molar-refractivity contribution is 9.10. The zero-order chi connectivity index (χ0) is 19.9. The summed E-state index contributed by atoms with van der Waals surface area (Å²) in [6.45, 7) is 4.35. The van der Waals surface area contributed by atoms with Crippen LogP contribution in [0.4, 0.5) is 0 Å². The van der Waals surface area contributed by atoms with Gasteiger partial charge in [0.25, 0.3) is 5.91 Å². The first kappa shape index (κ1) is 20.7. The van der Waals surface area contributed by atoms with Crippen LogP contribution in [0, 0.1) is 0 Å². The molecule has 5 nitrogen and oxygen atoms in total. The van der Waals surface area contributed by atoms with Crippen LogP contribution in [0.2, 0.25) is 0 Å². The first-order chi connectivity index (χ1) is 13.6. The summed E-state index contributed by atoms with van der Waals surface area (Å²) in [5, 5.41) is 3.07. The molecule has 1 saturated heterocycles. The number of para-hydroxylation sites is 1. The van der Waals surface area contributed by atoms with Crippen molar-refractivity contribution in [3.05, 3.63) is 58.6 Å². The Morgan fingerprint density at radius 3 is 2.50 bits per heavy atom. The molecule has 3 rings (SSSR count). The Bertz CT molecular complexity index is 776. The summed E-state index contributed by atoms with van der Waals surface area (Å²) in [6, 6.07) is 15.6. The Morgan fingerprint density at radius 2 is 1.82 bits per heavy atom. The van der Waals surface area contributed by atoms with Crippen LogP contribution in [0.15, 0.2) is 53.0 Å². The van der Waals surface area contributed by atoms with Crippen molar-refractivity contribution < 1.29 is 14.3 Å². The summed E-state index contributed by atoms with van der Waals surface area (Å²) < 4.78 is 12.3. The quantitative estimate of drug-likeness (QED) is 0.660. The number of methoxy groups -OCH3 is 1. The fourth-order valence-electron chi connectivity index (χ4n) is 3.54. The maximum Gasteiger partial charge on any atom is 0.260 e. The molecule has 0 aromatic heterocycles. The number of halogens is 1. The highest BCUT2D eigenvalue weighted by Gasteiger charge is 2.27. The first-order valence-corrected chi connectivity index (χ1v) is 10.4. The molecule has 1 N–H and O–H groups in total. The molecule has 6 heteroatoms. The first-order valence-electron chi connectivity index (χ1n) is 9.65. The van der Waals surface area contributed by atoms with Crippen molar-refractivity contribution in [3.8, 4) is 11.5 Å². The minimum atomic E-state index is -0.571. The number of amides is 1. The lowest BCUT2D eigenvalue weighted by atomic mass is 10.0. The molecule has 0 aliphatic carbocycles. The highest BCUT2D eigenvalue weighted by Crippen LogP contribution is 2.31. The number of benzene rings is 2. The number of hydrogen-bond donors (Lipinski definition) is 1. The number of hydrogen-bond acceptors (Lipinski definition) is 4. The Labute approximate surface area is 175 Å². The van der Waals surface area contributed by atoms with E-state index in [1.807, 2.05) is 42.5 Å². The van der Waals surface area contributed by atoms with E-state index < -0.39 is 6.10 Å². The molecule has 2 aromatic rings. The predicted octanol–water partition coefficient (Wildman–Crippen LogP) is 4.18. The molecule has 1 aliphatic rings. The van der Waals surface area contributed by atoms with Crippen molar-refractivity contribution in [2.75, 3.05) is 26.7 Å². The van der Waals surface area contributed by atoms with Gasteiger partial charge >= 0.3 is 0 Å². The molecule has 1 fully saturated rings. The monoisotopic (exact) mass is 446 g/mol. The van der Waals surface area contributed by atoms with Gasteiger partial charge in [-0.05, 0) is 63.2 Å². The van der Waals surface area contributed by atoms with Gasteiger partial charge < -0.3 is 14.8 Å². The fourth-order valence-corrected chi connectivity index (χ4v) is 3.81. The fraction of sp³-hybridized carbons (Fsp3) is 0.409. The van der Waals surface area contributed by atoms with Crippen molar-refractivity contribution in [3.63, 3.8) is 0 Å². The van der Waals surface area contributed by atoms with Crippen molar-refractivity contribution >= 4 is 21.8 Å². The summed E-state index contributed by atoms with van der Waals surface area (Å²) in [7, 11) is 1.69. The normalized spacial score (nSPS) is 16.4. The predicted molar refractivity (Wildman–Crippen MR) is 114 cm³/mol. The number of nitrogens with one attached hydrogen (secondary N) is 1. The maximum absolute atomic E-state index is 12.6. The molecule has 0 radical (unpaired) electrons. The van der Waals surface area contributed by atoms with Crippen molar-refractivity contribution in [2.24, 2.45) is 0 Å². The SMILES string of the molecule is COc1ccccc1[C@@H](CNC(=O)[C@@H](C)Oc1ccc(Br)cc1)N1CCCC1. The molecule has 0 unspecified atom stereocenters. The van der Waals surface area contributed by atoms with E-state index in [0.717, 1.165) is 28.9 Å². The standard InChI is InChI=1S/C22H27BrN2O3/c1-16(28-18-11-9-17(23)10-12-18)22(26)24-15-20(25-13-5-6-14-25)19-7-3-4-8-21(19)27-2/h3-4,7-12,16,20H,5-6,13-15H2,1-2H3,(H,24,26)/t16-,20-/m1/s1. The molecule has 1 heterocycles. The molecule has 28 heavy (non-hydrogen) atoms. The van der Waals surface area contributed by atoms with Gasteiger partial charge in [0.1, 0.15) is 11.5 Å². The number of nitrogens with zero attached hydrogens (tertiary/aromatic N) is 1. The lowest BCUT2D eigenvalue weighted by Gasteiger charge is -2.29. The Hall–Kier alpha value is -2.05. The minimum absolute atomic E-state index is 0.0856. The molecule has 0 bridgehead atoms. The van der Waals surface area contributed by atoms with Gasteiger partial charge in [-0.3, -0.25) is 9.69 Å². The third-order valence-corrected chi connectivity index (χ3v) is 5.57. The van der Waals surface area contributed by atoms with Gasteiger partial charge in [0.15, 0.2) is 6.10 Å². The molecule has 0 spiro atoms. The summed E-state index contributed by atoms with van der Waals surface area (Å²) in [5.74, 6) is 1.40. The summed E-state index contributed by atoms with van der Waals surface area (Å²) >= 11 is 3.40. The van der Waals surface area contributed by atoms with Crippen molar-refractivity contribution in [2.45, 2.75) is 31.9 Å². The van der Waals surface area contributed by atoms with Crippen LogP contribution in [0.3, 0.4) is 0 Å². The summed E-state index contributed by atoms with van der Waals surface area (Å²) in [6.07, 6.45) is 1.80. The van der Waals surface area contributed by atoms with E-state index in [1.54, 1.807) is 14.0 Å². The molecular formula is C22H27BrN2O3. The lowest BCUT2D eigenvalue weighted by Crippen LogP contribution is -2.42.